The van der Waals surface area contributed by atoms with Gasteiger partial charge < -0.3 is 9.73 Å². The van der Waals surface area contributed by atoms with Crippen molar-refractivity contribution in [1.29, 1.82) is 0 Å². The van der Waals surface area contributed by atoms with Gasteiger partial charge in [0.2, 0.25) is 11.8 Å². The highest BCUT2D eigenvalue weighted by Crippen LogP contribution is 2.37. The van der Waals surface area contributed by atoms with Crippen LogP contribution < -0.4 is 5.32 Å². The van der Waals surface area contributed by atoms with E-state index in [0.29, 0.717) is 11.6 Å². The molecule has 2 aromatic carbocycles. The molecule has 0 saturated heterocycles. The zero-order valence-electron chi connectivity index (χ0n) is 14.3. The second-order valence-corrected chi connectivity index (χ2v) is 6.49. The molecule has 12 heteroatoms. The first kappa shape index (κ1) is 20.3. The lowest BCUT2D eigenvalue weighted by Crippen LogP contribution is -2.18. The highest BCUT2D eigenvalue weighted by atomic mass is 32.2. The van der Waals surface area contributed by atoms with Crippen LogP contribution in [0, 0.1) is 10.1 Å². The van der Waals surface area contributed by atoms with Gasteiger partial charge in [-0.2, -0.15) is 13.2 Å². The van der Waals surface area contributed by atoms with Crippen LogP contribution in [0.4, 0.5) is 24.5 Å². The topological polar surface area (TPSA) is 111 Å². The molecule has 0 unspecified atom stereocenters. The number of nitro groups is 1. The average molecular weight is 424 g/mol. The Kier molecular flexibility index (Phi) is 5.82. The number of aromatic nitrogens is 2. The smallest absolute Gasteiger partial charge is 0.411 e. The van der Waals surface area contributed by atoms with Gasteiger partial charge in [-0.3, -0.25) is 14.9 Å². The van der Waals surface area contributed by atoms with Gasteiger partial charge in [0, 0.05) is 17.7 Å². The Labute approximate surface area is 165 Å². The van der Waals surface area contributed by atoms with Crippen molar-refractivity contribution in [2.45, 2.75) is 11.4 Å². The summed E-state index contributed by atoms with van der Waals surface area (Å²) in [6.07, 6.45) is -4.88. The number of nitrogens with zero attached hydrogens (tertiary/aromatic N) is 3. The first-order chi connectivity index (χ1) is 13.7. The number of alkyl halides is 3. The van der Waals surface area contributed by atoms with Gasteiger partial charge in [0.05, 0.1) is 21.9 Å². The van der Waals surface area contributed by atoms with E-state index in [9.17, 15) is 28.1 Å². The van der Waals surface area contributed by atoms with Gasteiger partial charge in [0.1, 0.15) is 0 Å². The van der Waals surface area contributed by atoms with E-state index in [-0.39, 0.29) is 16.9 Å². The summed E-state index contributed by atoms with van der Waals surface area (Å²) in [6, 6.07) is 11.0. The molecule has 0 spiro atoms. The number of nitrogens with one attached hydrogen (secondary N) is 1. The Morgan fingerprint density at radius 2 is 1.90 bits per heavy atom. The zero-order chi connectivity index (χ0) is 21.0. The molecule has 1 amide bonds. The van der Waals surface area contributed by atoms with Gasteiger partial charge in [-0.25, -0.2) is 0 Å². The highest BCUT2D eigenvalue weighted by Gasteiger charge is 2.35. The fraction of sp³-hybridized carbons (Fsp3) is 0.118. The molecule has 3 aromatic rings. The molecule has 150 valence electrons. The van der Waals surface area contributed by atoms with Crippen LogP contribution in [-0.4, -0.2) is 26.8 Å². The van der Waals surface area contributed by atoms with Crippen LogP contribution in [0.5, 0.6) is 0 Å². The maximum Gasteiger partial charge on any atom is 0.418 e. The van der Waals surface area contributed by atoms with Crippen molar-refractivity contribution >= 4 is 29.0 Å². The van der Waals surface area contributed by atoms with Gasteiger partial charge >= 0.3 is 6.18 Å². The van der Waals surface area contributed by atoms with Gasteiger partial charge in [-0.05, 0) is 18.2 Å². The van der Waals surface area contributed by atoms with E-state index < -0.39 is 33.9 Å². The van der Waals surface area contributed by atoms with Crippen molar-refractivity contribution in [2.24, 2.45) is 0 Å². The van der Waals surface area contributed by atoms with E-state index in [2.05, 4.69) is 15.5 Å². The van der Waals surface area contributed by atoms with Gasteiger partial charge in [-0.1, -0.05) is 30.0 Å². The number of non-ortho nitro benzene ring substituents is 1. The van der Waals surface area contributed by atoms with Crippen molar-refractivity contribution in [3.05, 3.63) is 64.2 Å². The molecule has 0 radical (unpaired) electrons. The van der Waals surface area contributed by atoms with Crippen molar-refractivity contribution in [3.8, 4) is 11.5 Å². The molecule has 0 aliphatic heterocycles. The van der Waals surface area contributed by atoms with Crippen LogP contribution in [0.15, 0.2) is 58.2 Å². The fourth-order valence-electron chi connectivity index (χ4n) is 2.27. The number of anilines is 1. The van der Waals surface area contributed by atoms with Crippen molar-refractivity contribution in [2.75, 3.05) is 11.1 Å². The molecule has 0 bridgehead atoms. The standard InChI is InChI=1S/C17H11F3N4O4S/c18-17(19,20)12-8-11(24(26)27)6-7-13(12)21-14(25)9-29-16-23-22-15(28-16)10-4-2-1-3-5-10/h1-8H,9H2,(H,21,25). The number of hydrogen-bond donors (Lipinski definition) is 1. The largest absolute Gasteiger partial charge is 0.418 e. The third kappa shape index (κ3) is 5.10. The number of benzene rings is 2. The van der Waals surface area contributed by atoms with Crippen LogP contribution in [0.2, 0.25) is 0 Å². The van der Waals surface area contributed by atoms with Gasteiger partial charge in [-0.15, -0.1) is 10.2 Å². The second kappa shape index (κ2) is 8.31. The summed E-state index contributed by atoms with van der Waals surface area (Å²) in [5.41, 5.74) is -1.94. The number of carbonyl (C=O) groups excluding carboxylic acids is 1. The minimum atomic E-state index is -4.88. The molecule has 1 heterocycles. The monoisotopic (exact) mass is 424 g/mol. The Morgan fingerprint density at radius 3 is 2.55 bits per heavy atom. The Balaban J connectivity index is 1.67. The van der Waals surface area contributed by atoms with Gasteiger partial charge in [0.15, 0.2) is 0 Å². The number of rotatable bonds is 6. The predicted molar refractivity (Wildman–Crippen MR) is 97.2 cm³/mol. The zero-order valence-corrected chi connectivity index (χ0v) is 15.2. The number of nitro benzene ring substituents is 1. The summed E-state index contributed by atoms with van der Waals surface area (Å²) < 4.78 is 44.8. The lowest BCUT2D eigenvalue weighted by atomic mass is 10.1. The molecule has 0 atom stereocenters. The summed E-state index contributed by atoms with van der Waals surface area (Å²) in [5, 5.41) is 20.5. The van der Waals surface area contributed by atoms with Crippen molar-refractivity contribution in [1.82, 2.24) is 10.2 Å². The molecule has 3 rings (SSSR count). The molecule has 1 N–H and O–H groups in total. The molecule has 0 saturated carbocycles. The van der Waals surface area contributed by atoms with Crippen LogP contribution in [-0.2, 0) is 11.0 Å². The Hall–Kier alpha value is -3.41. The van der Waals surface area contributed by atoms with Crippen LogP contribution >= 0.6 is 11.8 Å². The maximum atomic E-state index is 13.1. The first-order valence-electron chi connectivity index (χ1n) is 7.91. The summed E-state index contributed by atoms with van der Waals surface area (Å²) in [5.74, 6) is -0.831. The SMILES string of the molecule is O=C(CSc1nnc(-c2ccccc2)o1)Nc1ccc([N+](=O)[O-])cc1C(F)(F)F. The molecule has 0 fully saturated rings. The second-order valence-electron chi connectivity index (χ2n) is 5.56. The van der Waals surface area contributed by atoms with E-state index in [1.54, 1.807) is 24.3 Å². The lowest BCUT2D eigenvalue weighted by Gasteiger charge is -2.13. The molecular weight excluding hydrogens is 413 g/mol. The van der Waals surface area contributed by atoms with E-state index in [0.717, 1.165) is 23.9 Å². The minimum absolute atomic E-state index is 0.0683. The Bertz CT molecular complexity index is 1040. The van der Waals surface area contributed by atoms with Gasteiger partial charge in [0.25, 0.3) is 10.9 Å². The van der Waals surface area contributed by atoms with E-state index in [4.69, 9.17) is 4.42 Å². The van der Waals surface area contributed by atoms with E-state index in [1.165, 1.54) is 0 Å². The molecule has 0 aliphatic rings. The van der Waals surface area contributed by atoms with Crippen molar-refractivity contribution in [3.63, 3.8) is 0 Å². The number of hydrogen-bond acceptors (Lipinski definition) is 7. The Morgan fingerprint density at radius 1 is 1.17 bits per heavy atom. The summed E-state index contributed by atoms with van der Waals surface area (Å²) in [7, 11) is 0. The minimum Gasteiger partial charge on any atom is -0.411 e. The molecule has 29 heavy (non-hydrogen) atoms. The predicted octanol–water partition coefficient (Wildman–Crippen LogP) is 4.39. The average Bonchev–Trinajstić information content (AvgIpc) is 3.15. The van der Waals surface area contributed by atoms with Crippen LogP contribution in [0.1, 0.15) is 5.56 Å². The number of thioether (sulfide) groups is 1. The molecule has 1 aromatic heterocycles. The number of amides is 1. The maximum absolute atomic E-state index is 13.1. The summed E-state index contributed by atoms with van der Waals surface area (Å²) >= 11 is 0.843. The lowest BCUT2D eigenvalue weighted by molar-refractivity contribution is -0.385. The van der Waals surface area contributed by atoms with Crippen LogP contribution in [0.25, 0.3) is 11.5 Å². The summed E-state index contributed by atoms with van der Waals surface area (Å²) in [6.45, 7) is 0. The summed E-state index contributed by atoms with van der Waals surface area (Å²) in [4.78, 5) is 21.8. The quantitative estimate of drug-likeness (QED) is 0.355. The van der Waals surface area contributed by atoms with Crippen LogP contribution in [0.3, 0.4) is 0 Å². The third-order valence-electron chi connectivity index (χ3n) is 3.55. The number of halogens is 3. The first-order valence-corrected chi connectivity index (χ1v) is 8.90. The van der Waals surface area contributed by atoms with Crippen molar-refractivity contribution < 1.29 is 27.3 Å². The van der Waals surface area contributed by atoms with E-state index in [1.807, 2.05) is 6.07 Å². The highest BCUT2D eigenvalue weighted by molar-refractivity contribution is 7.99. The fourth-order valence-corrected chi connectivity index (χ4v) is 2.83. The molecule has 8 nitrogen and oxygen atoms in total. The number of carbonyl (C=O) groups is 1. The molecule has 0 aliphatic carbocycles. The third-order valence-corrected chi connectivity index (χ3v) is 4.37. The molecular formula is C17H11F3N4O4S. The normalized spacial score (nSPS) is 11.3. The van der Waals surface area contributed by atoms with E-state index >= 15 is 0 Å².